The fourth-order valence-corrected chi connectivity index (χ4v) is 2.60. The van der Waals surface area contributed by atoms with Crippen LogP contribution in [0.2, 0.25) is 0 Å². The maximum Gasteiger partial charge on any atom is 0.130 e. The highest BCUT2D eigenvalue weighted by atomic mass is 16.5. The lowest BCUT2D eigenvalue weighted by Gasteiger charge is -2.23. The van der Waals surface area contributed by atoms with Crippen LogP contribution in [0, 0.1) is 5.92 Å². The average molecular weight is 295 g/mol. The second-order valence-corrected chi connectivity index (χ2v) is 5.20. The molecule has 0 radical (unpaired) electrons. The zero-order chi connectivity index (χ0) is 15.1. The molecule has 1 aliphatic heterocycles. The third-order valence-electron chi connectivity index (χ3n) is 3.89. The van der Waals surface area contributed by atoms with Crippen molar-refractivity contribution in [1.29, 1.82) is 0 Å². The molecule has 0 spiro atoms. The lowest BCUT2D eigenvalue weighted by molar-refractivity contribution is 0.0662. The minimum atomic E-state index is 0.689. The number of hydrogen-bond donors (Lipinski definition) is 1. The first-order valence-corrected chi connectivity index (χ1v) is 7.35. The molecule has 1 aromatic carbocycles. The Bertz CT molecular complexity index is 419. The third kappa shape index (κ3) is 4.25. The van der Waals surface area contributed by atoms with E-state index in [-0.39, 0.29) is 0 Å². The van der Waals surface area contributed by atoms with Crippen molar-refractivity contribution < 1.29 is 18.9 Å². The number of benzene rings is 1. The van der Waals surface area contributed by atoms with E-state index in [1.165, 1.54) is 0 Å². The maximum atomic E-state index is 5.45. The van der Waals surface area contributed by atoms with Gasteiger partial charge in [0.15, 0.2) is 0 Å². The molecule has 1 heterocycles. The van der Waals surface area contributed by atoms with Crippen molar-refractivity contribution >= 4 is 0 Å². The fourth-order valence-electron chi connectivity index (χ4n) is 2.60. The number of nitrogens with one attached hydrogen (secondary N) is 1. The van der Waals surface area contributed by atoms with Gasteiger partial charge < -0.3 is 24.3 Å². The molecule has 1 saturated heterocycles. The van der Waals surface area contributed by atoms with Gasteiger partial charge in [-0.3, -0.25) is 0 Å². The van der Waals surface area contributed by atoms with E-state index in [4.69, 9.17) is 18.9 Å². The molecule has 5 heteroatoms. The van der Waals surface area contributed by atoms with E-state index in [9.17, 15) is 0 Å². The van der Waals surface area contributed by atoms with Crippen molar-refractivity contribution in [3.63, 3.8) is 0 Å². The van der Waals surface area contributed by atoms with Crippen LogP contribution in [0.3, 0.4) is 0 Å². The Balaban J connectivity index is 2.00. The van der Waals surface area contributed by atoms with Crippen LogP contribution in [0.25, 0.3) is 0 Å². The van der Waals surface area contributed by atoms with E-state index in [2.05, 4.69) is 5.32 Å². The maximum absolute atomic E-state index is 5.45. The van der Waals surface area contributed by atoms with Gasteiger partial charge in [0, 0.05) is 31.9 Å². The summed E-state index contributed by atoms with van der Waals surface area (Å²) in [4.78, 5) is 0. The van der Waals surface area contributed by atoms with E-state index in [0.29, 0.717) is 12.5 Å². The third-order valence-corrected chi connectivity index (χ3v) is 3.89. The number of rotatable bonds is 7. The van der Waals surface area contributed by atoms with Gasteiger partial charge in [-0.25, -0.2) is 0 Å². The largest absolute Gasteiger partial charge is 0.496 e. The molecule has 1 aliphatic rings. The summed E-state index contributed by atoms with van der Waals surface area (Å²) >= 11 is 0. The Morgan fingerprint density at radius 2 is 1.67 bits per heavy atom. The fraction of sp³-hybridized carbons (Fsp3) is 0.625. The lowest BCUT2D eigenvalue weighted by atomic mass is 10.0. The molecule has 0 amide bonds. The van der Waals surface area contributed by atoms with Crippen molar-refractivity contribution in [1.82, 2.24) is 5.32 Å². The van der Waals surface area contributed by atoms with Gasteiger partial charge in [0.1, 0.15) is 17.2 Å². The highest BCUT2D eigenvalue weighted by Crippen LogP contribution is 2.33. The van der Waals surface area contributed by atoms with Crippen LogP contribution in [0.4, 0.5) is 0 Å². The summed E-state index contributed by atoms with van der Waals surface area (Å²) in [6.07, 6.45) is 2.26. The minimum Gasteiger partial charge on any atom is -0.496 e. The van der Waals surface area contributed by atoms with Crippen LogP contribution in [-0.2, 0) is 11.3 Å². The van der Waals surface area contributed by atoms with Gasteiger partial charge in [-0.2, -0.15) is 0 Å². The molecular formula is C16H25NO4. The highest BCUT2D eigenvalue weighted by molar-refractivity contribution is 5.50. The monoisotopic (exact) mass is 295 g/mol. The molecule has 2 rings (SSSR count). The molecule has 118 valence electrons. The Kier molecular flexibility index (Phi) is 6.14. The molecule has 21 heavy (non-hydrogen) atoms. The molecule has 1 fully saturated rings. The Morgan fingerprint density at radius 1 is 1.05 bits per heavy atom. The van der Waals surface area contributed by atoms with Gasteiger partial charge in [0.05, 0.1) is 26.9 Å². The first kappa shape index (κ1) is 15.9. The number of ether oxygens (including phenoxy) is 4. The standard InChI is InChI=1S/C16H25NO4/c1-18-13-8-15(19-2)14(16(9-13)20-3)11-17-10-12-4-6-21-7-5-12/h8-9,12,17H,4-7,10-11H2,1-3H3. The van der Waals surface area contributed by atoms with E-state index in [1.807, 2.05) is 12.1 Å². The topological polar surface area (TPSA) is 49.0 Å². The summed E-state index contributed by atoms with van der Waals surface area (Å²) in [7, 11) is 4.96. The van der Waals surface area contributed by atoms with Gasteiger partial charge in [-0.05, 0) is 25.3 Å². The smallest absolute Gasteiger partial charge is 0.130 e. The van der Waals surface area contributed by atoms with Crippen LogP contribution in [0.15, 0.2) is 12.1 Å². The quantitative estimate of drug-likeness (QED) is 0.836. The zero-order valence-electron chi connectivity index (χ0n) is 13.1. The molecule has 1 N–H and O–H groups in total. The van der Waals surface area contributed by atoms with Crippen molar-refractivity contribution in [3.8, 4) is 17.2 Å². The van der Waals surface area contributed by atoms with Gasteiger partial charge in [0.25, 0.3) is 0 Å². The average Bonchev–Trinajstić information content (AvgIpc) is 2.55. The zero-order valence-corrected chi connectivity index (χ0v) is 13.1. The number of hydrogen-bond acceptors (Lipinski definition) is 5. The van der Waals surface area contributed by atoms with E-state index in [1.54, 1.807) is 21.3 Å². The van der Waals surface area contributed by atoms with Crippen LogP contribution in [0.5, 0.6) is 17.2 Å². The number of methoxy groups -OCH3 is 3. The van der Waals surface area contributed by atoms with Crippen LogP contribution < -0.4 is 19.5 Å². The van der Waals surface area contributed by atoms with Gasteiger partial charge in [-0.1, -0.05) is 0 Å². The second-order valence-electron chi connectivity index (χ2n) is 5.20. The van der Waals surface area contributed by atoms with Gasteiger partial charge in [0.2, 0.25) is 0 Å². The summed E-state index contributed by atoms with van der Waals surface area (Å²) in [5.41, 5.74) is 1.02. The van der Waals surface area contributed by atoms with E-state index < -0.39 is 0 Å². The molecule has 0 unspecified atom stereocenters. The van der Waals surface area contributed by atoms with Gasteiger partial charge >= 0.3 is 0 Å². The van der Waals surface area contributed by atoms with Crippen LogP contribution in [-0.4, -0.2) is 41.1 Å². The van der Waals surface area contributed by atoms with Crippen LogP contribution in [0.1, 0.15) is 18.4 Å². The summed E-state index contributed by atoms with van der Waals surface area (Å²) in [6.45, 7) is 3.46. The molecular weight excluding hydrogens is 270 g/mol. The predicted molar refractivity (Wildman–Crippen MR) is 81.3 cm³/mol. The normalized spacial score (nSPS) is 15.8. The first-order chi connectivity index (χ1) is 10.3. The SMILES string of the molecule is COc1cc(OC)c(CNCC2CCOCC2)c(OC)c1. The molecule has 0 bridgehead atoms. The van der Waals surface area contributed by atoms with Gasteiger partial charge in [-0.15, -0.1) is 0 Å². The molecule has 0 aliphatic carbocycles. The van der Waals surface area contributed by atoms with Crippen LogP contribution >= 0.6 is 0 Å². The van der Waals surface area contributed by atoms with E-state index in [0.717, 1.165) is 55.4 Å². The second kappa shape index (κ2) is 8.10. The van der Waals surface area contributed by atoms with E-state index >= 15 is 0 Å². The lowest BCUT2D eigenvalue weighted by Crippen LogP contribution is -2.27. The Morgan fingerprint density at radius 3 is 2.19 bits per heavy atom. The summed E-state index contributed by atoms with van der Waals surface area (Å²) in [5, 5.41) is 3.50. The summed E-state index contributed by atoms with van der Waals surface area (Å²) < 4.78 is 21.5. The van der Waals surface area contributed by atoms with Crippen molar-refractivity contribution in [2.24, 2.45) is 5.92 Å². The van der Waals surface area contributed by atoms with Crippen molar-refractivity contribution in [3.05, 3.63) is 17.7 Å². The highest BCUT2D eigenvalue weighted by Gasteiger charge is 2.16. The first-order valence-electron chi connectivity index (χ1n) is 7.35. The molecule has 0 saturated carbocycles. The summed E-state index contributed by atoms with van der Waals surface area (Å²) in [6, 6.07) is 3.77. The summed E-state index contributed by atoms with van der Waals surface area (Å²) in [5.74, 6) is 2.99. The molecule has 5 nitrogen and oxygen atoms in total. The Hall–Kier alpha value is -1.46. The molecule has 0 aromatic heterocycles. The predicted octanol–water partition coefficient (Wildman–Crippen LogP) is 2.23. The molecule has 0 atom stereocenters. The molecule has 1 aromatic rings. The van der Waals surface area contributed by atoms with Crippen molar-refractivity contribution in [2.45, 2.75) is 19.4 Å². The Labute approximate surface area is 126 Å². The van der Waals surface area contributed by atoms with Crippen molar-refractivity contribution in [2.75, 3.05) is 41.1 Å². The minimum absolute atomic E-state index is 0.689.